The largest absolute Gasteiger partial charge is 0.420 e. The number of piperazine rings is 1. The van der Waals surface area contributed by atoms with Crippen molar-refractivity contribution < 1.29 is 17.7 Å². The van der Waals surface area contributed by atoms with Gasteiger partial charge in [0.2, 0.25) is 5.95 Å². The average Bonchev–Trinajstić information content (AvgIpc) is 3.44. The summed E-state index contributed by atoms with van der Waals surface area (Å²) in [5.41, 5.74) is 1.36. The molecule has 2 N–H and O–H groups in total. The Kier molecular flexibility index (Phi) is 9.87. The predicted octanol–water partition coefficient (Wildman–Crippen LogP) is 6.53. The average molecular weight is 622 g/mol. The minimum absolute atomic E-state index is 0.0839. The number of rotatable bonds is 10. The van der Waals surface area contributed by atoms with E-state index >= 15 is 0 Å². The number of thiazole rings is 1. The van der Waals surface area contributed by atoms with Gasteiger partial charge in [0.05, 0.1) is 12.8 Å². The summed E-state index contributed by atoms with van der Waals surface area (Å²) in [5, 5.41) is 8.57. The lowest BCUT2D eigenvalue weighted by Gasteiger charge is -2.36. The predicted molar refractivity (Wildman–Crippen MR) is 165 cm³/mol. The minimum Gasteiger partial charge on any atom is -0.369 e. The first-order valence-electron chi connectivity index (χ1n) is 14.5. The van der Waals surface area contributed by atoms with Crippen LogP contribution in [-0.4, -0.2) is 78.1 Å². The van der Waals surface area contributed by atoms with Crippen molar-refractivity contribution in [1.82, 2.24) is 25.2 Å². The van der Waals surface area contributed by atoms with Crippen LogP contribution in [0.4, 0.5) is 30.5 Å². The van der Waals surface area contributed by atoms with Gasteiger partial charge in [-0.2, -0.15) is 13.2 Å². The van der Waals surface area contributed by atoms with E-state index in [4.69, 9.17) is 0 Å². The van der Waals surface area contributed by atoms with Crippen molar-refractivity contribution in [2.45, 2.75) is 50.9 Å². The second-order valence-electron chi connectivity index (χ2n) is 11.6. The van der Waals surface area contributed by atoms with Gasteiger partial charge in [0.25, 0.3) is 0 Å². The Balaban J connectivity index is 1.23. The molecule has 0 spiro atoms. The molecule has 1 saturated heterocycles. The SMILES string of the molecule is CP(C)(=O)CCN1CCN(c2ccc(Nc3ncc(C(F)(F)F)c(-c4nc(CNC5CCCCC5)cs4)n3)cc2)CC1. The van der Waals surface area contributed by atoms with Gasteiger partial charge in [-0.15, -0.1) is 11.3 Å². The Morgan fingerprint density at radius 1 is 1.02 bits per heavy atom. The monoisotopic (exact) mass is 621 g/mol. The number of nitrogens with one attached hydrogen (secondary N) is 2. The molecule has 1 aliphatic carbocycles. The minimum atomic E-state index is -4.60. The molecule has 0 bridgehead atoms. The van der Waals surface area contributed by atoms with E-state index in [9.17, 15) is 17.7 Å². The number of hydrogen-bond donors (Lipinski definition) is 2. The Bertz CT molecular complexity index is 1360. The van der Waals surface area contributed by atoms with Crippen molar-refractivity contribution >= 4 is 35.8 Å². The molecule has 1 aliphatic heterocycles. The van der Waals surface area contributed by atoms with Crippen LogP contribution in [0.2, 0.25) is 0 Å². The number of hydrogen-bond acceptors (Lipinski definition) is 9. The Labute approximate surface area is 249 Å². The molecule has 0 atom stereocenters. The van der Waals surface area contributed by atoms with Gasteiger partial charge in [-0.25, -0.2) is 15.0 Å². The highest BCUT2D eigenvalue weighted by Crippen LogP contribution is 2.38. The number of benzene rings is 1. The smallest absolute Gasteiger partial charge is 0.369 e. The van der Waals surface area contributed by atoms with E-state index < -0.39 is 18.9 Å². The van der Waals surface area contributed by atoms with Crippen LogP contribution in [0, 0.1) is 0 Å². The molecule has 0 amide bonds. The first kappa shape index (κ1) is 30.9. The van der Waals surface area contributed by atoms with Crippen LogP contribution >= 0.6 is 18.5 Å². The van der Waals surface area contributed by atoms with E-state index in [1.807, 2.05) is 37.6 Å². The van der Waals surface area contributed by atoms with Crippen molar-refractivity contribution in [3.8, 4) is 10.7 Å². The van der Waals surface area contributed by atoms with Crippen molar-refractivity contribution in [3.05, 3.63) is 47.1 Å². The first-order chi connectivity index (χ1) is 20.0. The standard InChI is InChI=1S/C29H39F3N7OPS/c1-41(2,40)17-16-38-12-14-39(15-13-38)24-10-8-22(9-11-24)36-28-34-19-25(29(30,31)32)26(37-28)27-35-23(20-42-27)18-33-21-6-4-3-5-7-21/h8-11,19-21,33H,3-7,12-18H2,1-2H3,(H,34,36,37). The Morgan fingerprint density at radius 3 is 2.40 bits per heavy atom. The van der Waals surface area contributed by atoms with Crippen LogP contribution in [0.3, 0.4) is 0 Å². The summed E-state index contributed by atoms with van der Waals surface area (Å²) in [6.45, 7) is 8.64. The van der Waals surface area contributed by atoms with Crippen molar-refractivity contribution in [2.24, 2.45) is 0 Å². The lowest BCUT2D eigenvalue weighted by atomic mass is 9.95. The maximum Gasteiger partial charge on any atom is 0.420 e. The van der Waals surface area contributed by atoms with Gasteiger partial charge in [0.1, 0.15) is 16.3 Å². The maximum atomic E-state index is 13.9. The van der Waals surface area contributed by atoms with Gasteiger partial charge in [-0.3, -0.25) is 4.90 Å². The second-order valence-corrected chi connectivity index (χ2v) is 16.1. The first-order valence-corrected chi connectivity index (χ1v) is 18.2. The van der Waals surface area contributed by atoms with E-state index in [2.05, 4.69) is 35.4 Å². The molecule has 2 aliphatic rings. The van der Waals surface area contributed by atoms with Crippen LogP contribution in [0.15, 0.2) is 35.8 Å². The van der Waals surface area contributed by atoms with Crippen molar-refractivity contribution in [2.75, 3.05) is 62.4 Å². The summed E-state index contributed by atoms with van der Waals surface area (Å²) in [4.78, 5) is 17.4. The molecule has 13 heteroatoms. The zero-order valence-corrected chi connectivity index (χ0v) is 25.9. The number of anilines is 3. The highest BCUT2D eigenvalue weighted by atomic mass is 32.1. The van der Waals surface area contributed by atoms with Crippen molar-refractivity contribution in [3.63, 3.8) is 0 Å². The zero-order chi connectivity index (χ0) is 29.7. The normalized spacial score (nSPS) is 17.5. The summed E-state index contributed by atoms with van der Waals surface area (Å²) < 4.78 is 53.7. The lowest BCUT2D eigenvalue weighted by molar-refractivity contribution is -0.137. The maximum absolute atomic E-state index is 13.9. The molecule has 2 aromatic heterocycles. The summed E-state index contributed by atoms with van der Waals surface area (Å²) in [7, 11) is -2.01. The fraction of sp³-hybridized carbons (Fsp3) is 0.552. The zero-order valence-electron chi connectivity index (χ0n) is 24.2. The molecule has 228 valence electrons. The number of halogens is 3. The van der Waals surface area contributed by atoms with Crippen LogP contribution in [0.1, 0.15) is 43.4 Å². The summed E-state index contributed by atoms with van der Waals surface area (Å²) in [6, 6.07) is 8.17. The molecule has 1 saturated carbocycles. The highest BCUT2D eigenvalue weighted by molar-refractivity contribution is 7.62. The summed E-state index contributed by atoms with van der Waals surface area (Å²) in [5.74, 6) is 0.0839. The van der Waals surface area contributed by atoms with Gasteiger partial charge in [0, 0.05) is 74.4 Å². The molecule has 42 heavy (non-hydrogen) atoms. The van der Waals surface area contributed by atoms with Gasteiger partial charge in [-0.1, -0.05) is 19.3 Å². The quantitative estimate of drug-likeness (QED) is 0.247. The van der Waals surface area contributed by atoms with E-state index in [1.165, 1.54) is 19.3 Å². The summed E-state index contributed by atoms with van der Waals surface area (Å²) >= 11 is 1.16. The van der Waals surface area contributed by atoms with Crippen molar-refractivity contribution in [1.29, 1.82) is 0 Å². The van der Waals surface area contributed by atoms with Gasteiger partial charge >= 0.3 is 6.18 Å². The Morgan fingerprint density at radius 2 is 1.74 bits per heavy atom. The van der Waals surface area contributed by atoms with Crippen LogP contribution < -0.4 is 15.5 Å². The molecule has 1 aromatic carbocycles. The van der Waals surface area contributed by atoms with E-state index in [1.54, 1.807) is 5.38 Å². The fourth-order valence-electron chi connectivity index (χ4n) is 5.36. The van der Waals surface area contributed by atoms with E-state index in [0.717, 1.165) is 74.9 Å². The molecule has 2 fully saturated rings. The van der Waals surface area contributed by atoms with Gasteiger partial charge in [0.15, 0.2) is 0 Å². The lowest BCUT2D eigenvalue weighted by Crippen LogP contribution is -2.47. The molecule has 5 rings (SSSR count). The molecular formula is C29H39F3N7OPS. The molecule has 0 unspecified atom stereocenters. The topological polar surface area (TPSA) is 86.3 Å². The number of nitrogens with zero attached hydrogens (tertiary/aromatic N) is 5. The van der Waals surface area contributed by atoms with Gasteiger partial charge in [-0.05, 0) is 50.4 Å². The van der Waals surface area contributed by atoms with Crippen LogP contribution in [-0.2, 0) is 17.3 Å². The van der Waals surface area contributed by atoms with Crippen LogP contribution in [0.25, 0.3) is 10.7 Å². The molecular weight excluding hydrogens is 582 g/mol. The van der Waals surface area contributed by atoms with E-state index in [0.29, 0.717) is 24.0 Å². The molecule has 3 heterocycles. The highest BCUT2D eigenvalue weighted by Gasteiger charge is 2.36. The second kappa shape index (κ2) is 13.4. The fourth-order valence-corrected chi connectivity index (χ4v) is 6.95. The molecule has 0 radical (unpaired) electrons. The van der Waals surface area contributed by atoms with E-state index in [-0.39, 0.29) is 16.6 Å². The number of aromatic nitrogens is 3. The Hall–Kier alpha value is -2.53. The third-order valence-corrected chi connectivity index (χ3v) is 10.0. The summed E-state index contributed by atoms with van der Waals surface area (Å²) in [6.07, 6.45) is 2.88. The molecule has 8 nitrogen and oxygen atoms in total. The third-order valence-electron chi connectivity index (χ3n) is 7.84. The number of alkyl halides is 3. The van der Waals surface area contributed by atoms with Crippen LogP contribution in [0.5, 0.6) is 0 Å². The van der Waals surface area contributed by atoms with Gasteiger partial charge < -0.3 is 20.1 Å². The molecule has 3 aromatic rings. The third kappa shape index (κ3) is 8.52.